The molecule has 64 valence electrons. The molecule has 11 heavy (non-hydrogen) atoms. The first-order valence-corrected chi connectivity index (χ1v) is 4.82. The van der Waals surface area contributed by atoms with Crippen LogP contribution in [0, 0.1) is 0 Å². The molecule has 1 rings (SSSR count). The molecule has 1 N–H and O–H groups in total. The topological polar surface area (TPSA) is 12.0 Å². The highest BCUT2D eigenvalue weighted by Crippen LogP contribution is 2.10. The summed E-state index contributed by atoms with van der Waals surface area (Å²) in [6.07, 6.45) is 9.04. The van der Waals surface area contributed by atoms with Gasteiger partial charge in [-0.1, -0.05) is 31.4 Å². The average molecular weight is 153 g/mol. The lowest BCUT2D eigenvalue weighted by atomic mass is 10.0. The molecule has 0 saturated carbocycles. The number of allylic oxidation sites excluding steroid dienone is 1. The molecule has 0 bridgehead atoms. The summed E-state index contributed by atoms with van der Waals surface area (Å²) in [5.74, 6) is 0. The van der Waals surface area contributed by atoms with E-state index in [2.05, 4.69) is 18.3 Å². The van der Waals surface area contributed by atoms with Crippen LogP contribution in [0.1, 0.15) is 39.0 Å². The summed E-state index contributed by atoms with van der Waals surface area (Å²) in [7, 11) is 0. The lowest BCUT2D eigenvalue weighted by Crippen LogP contribution is -2.23. The van der Waals surface area contributed by atoms with Crippen molar-refractivity contribution in [1.29, 1.82) is 0 Å². The summed E-state index contributed by atoms with van der Waals surface area (Å²) in [5, 5.41) is 3.39. The van der Waals surface area contributed by atoms with Gasteiger partial charge in [0.1, 0.15) is 0 Å². The van der Waals surface area contributed by atoms with Gasteiger partial charge in [0.2, 0.25) is 0 Å². The number of rotatable bonds is 3. The van der Waals surface area contributed by atoms with Gasteiger partial charge in [0.25, 0.3) is 0 Å². The van der Waals surface area contributed by atoms with Crippen LogP contribution >= 0.6 is 0 Å². The average Bonchev–Trinajstić information content (AvgIpc) is 2.07. The molecule has 0 unspecified atom stereocenters. The third-order valence-electron chi connectivity index (χ3n) is 2.19. The number of hydrogen-bond acceptors (Lipinski definition) is 1. The maximum Gasteiger partial charge on any atom is 0.0164 e. The lowest BCUT2D eigenvalue weighted by Gasteiger charge is -2.14. The fraction of sp³-hybridized carbons (Fsp3) is 0.800. The molecule has 0 amide bonds. The zero-order chi connectivity index (χ0) is 7.94. The van der Waals surface area contributed by atoms with E-state index in [0.29, 0.717) is 0 Å². The lowest BCUT2D eigenvalue weighted by molar-refractivity contribution is 0.605. The van der Waals surface area contributed by atoms with Crippen LogP contribution in [0.25, 0.3) is 0 Å². The molecule has 1 saturated heterocycles. The molecule has 1 aliphatic heterocycles. The van der Waals surface area contributed by atoms with E-state index in [0.717, 1.165) is 6.54 Å². The largest absolute Gasteiger partial charge is 0.313 e. The Labute approximate surface area is 69.9 Å². The Balaban J connectivity index is 2.15. The van der Waals surface area contributed by atoms with Gasteiger partial charge < -0.3 is 5.32 Å². The van der Waals surface area contributed by atoms with Gasteiger partial charge in [-0.25, -0.2) is 0 Å². The molecular formula is C10H19N. The van der Waals surface area contributed by atoms with Crippen LogP contribution in [-0.4, -0.2) is 13.1 Å². The molecule has 0 aliphatic carbocycles. The SMILES string of the molecule is CCCC/C=C1/CCCNC1. The second-order valence-electron chi connectivity index (χ2n) is 3.28. The number of hydrogen-bond donors (Lipinski definition) is 1. The molecule has 0 spiro atoms. The van der Waals surface area contributed by atoms with Crippen molar-refractivity contribution in [3.8, 4) is 0 Å². The van der Waals surface area contributed by atoms with Crippen molar-refractivity contribution < 1.29 is 0 Å². The Morgan fingerprint density at radius 1 is 1.55 bits per heavy atom. The minimum absolute atomic E-state index is 1.14. The van der Waals surface area contributed by atoms with Crippen molar-refractivity contribution in [1.82, 2.24) is 5.32 Å². The first-order valence-electron chi connectivity index (χ1n) is 4.82. The monoisotopic (exact) mass is 153 g/mol. The minimum Gasteiger partial charge on any atom is -0.313 e. The Hall–Kier alpha value is -0.300. The van der Waals surface area contributed by atoms with E-state index in [9.17, 15) is 0 Å². The van der Waals surface area contributed by atoms with E-state index in [1.807, 2.05) is 0 Å². The normalized spacial score (nSPS) is 22.5. The van der Waals surface area contributed by atoms with Crippen LogP contribution in [0.5, 0.6) is 0 Å². The molecule has 1 heterocycles. The fourth-order valence-corrected chi connectivity index (χ4v) is 1.46. The van der Waals surface area contributed by atoms with Crippen LogP contribution in [0.2, 0.25) is 0 Å². The van der Waals surface area contributed by atoms with Crippen molar-refractivity contribution in [2.45, 2.75) is 39.0 Å². The molecule has 0 aromatic rings. The summed E-state index contributed by atoms with van der Waals surface area (Å²) in [4.78, 5) is 0. The highest BCUT2D eigenvalue weighted by atomic mass is 14.9. The number of unbranched alkanes of at least 4 members (excludes halogenated alkanes) is 2. The van der Waals surface area contributed by atoms with E-state index in [4.69, 9.17) is 0 Å². The van der Waals surface area contributed by atoms with Gasteiger partial charge in [0, 0.05) is 6.54 Å². The molecule has 0 aromatic carbocycles. The smallest absolute Gasteiger partial charge is 0.0164 e. The Bertz CT molecular complexity index is 119. The Morgan fingerprint density at radius 2 is 2.45 bits per heavy atom. The summed E-state index contributed by atoms with van der Waals surface area (Å²) in [6, 6.07) is 0. The Morgan fingerprint density at radius 3 is 3.09 bits per heavy atom. The van der Waals surface area contributed by atoms with Gasteiger partial charge in [-0.05, 0) is 25.8 Å². The summed E-state index contributed by atoms with van der Waals surface area (Å²) in [6.45, 7) is 4.60. The van der Waals surface area contributed by atoms with E-state index < -0.39 is 0 Å². The third-order valence-corrected chi connectivity index (χ3v) is 2.19. The highest BCUT2D eigenvalue weighted by Gasteiger charge is 2.02. The first-order chi connectivity index (χ1) is 5.43. The maximum absolute atomic E-state index is 3.39. The maximum atomic E-state index is 3.39. The fourth-order valence-electron chi connectivity index (χ4n) is 1.46. The molecular weight excluding hydrogens is 134 g/mol. The van der Waals surface area contributed by atoms with E-state index in [-0.39, 0.29) is 0 Å². The van der Waals surface area contributed by atoms with E-state index in [1.54, 1.807) is 5.57 Å². The molecule has 1 fully saturated rings. The molecule has 1 heteroatoms. The second kappa shape index (κ2) is 5.36. The van der Waals surface area contributed by atoms with Gasteiger partial charge in [-0.3, -0.25) is 0 Å². The van der Waals surface area contributed by atoms with Crippen LogP contribution in [-0.2, 0) is 0 Å². The van der Waals surface area contributed by atoms with Gasteiger partial charge in [0.05, 0.1) is 0 Å². The highest BCUT2D eigenvalue weighted by molar-refractivity contribution is 5.06. The summed E-state index contributed by atoms with van der Waals surface area (Å²) in [5.41, 5.74) is 1.63. The van der Waals surface area contributed by atoms with Gasteiger partial charge in [0.15, 0.2) is 0 Å². The van der Waals surface area contributed by atoms with Crippen molar-refractivity contribution >= 4 is 0 Å². The predicted molar refractivity (Wildman–Crippen MR) is 49.7 cm³/mol. The predicted octanol–water partition coefficient (Wildman–Crippen LogP) is 2.49. The van der Waals surface area contributed by atoms with Gasteiger partial charge in [-0.15, -0.1) is 0 Å². The molecule has 1 aliphatic rings. The van der Waals surface area contributed by atoms with Crippen LogP contribution < -0.4 is 5.32 Å². The van der Waals surface area contributed by atoms with Crippen molar-refractivity contribution in [2.24, 2.45) is 0 Å². The van der Waals surface area contributed by atoms with Crippen LogP contribution in [0.3, 0.4) is 0 Å². The summed E-state index contributed by atoms with van der Waals surface area (Å²) < 4.78 is 0. The second-order valence-corrected chi connectivity index (χ2v) is 3.28. The van der Waals surface area contributed by atoms with Gasteiger partial charge >= 0.3 is 0 Å². The number of piperidine rings is 1. The number of nitrogens with one attached hydrogen (secondary N) is 1. The quantitative estimate of drug-likeness (QED) is 0.485. The van der Waals surface area contributed by atoms with Crippen molar-refractivity contribution in [2.75, 3.05) is 13.1 Å². The first kappa shape index (κ1) is 8.79. The van der Waals surface area contributed by atoms with E-state index >= 15 is 0 Å². The standard InChI is InChI=1S/C10H19N/c1-2-3-4-6-10-7-5-8-11-9-10/h6,11H,2-5,7-9H2,1H3/b10-6-. The van der Waals surface area contributed by atoms with Crippen molar-refractivity contribution in [3.63, 3.8) is 0 Å². The molecule has 0 atom stereocenters. The van der Waals surface area contributed by atoms with E-state index in [1.165, 1.54) is 38.6 Å². The van der Waals surface area contributed by atoms with Crippen LogP contribution in [0.4, 0.5) is 0 Å². The van der Waals surface area contributed by atoms with Crippen molar-refractivity contribution in [3.05, 3.63) is 11.6 Å². The Kier molecular flexibility index (Phi) is 4.29. The molecule has 1 nitrogen and oxygen atoms in total. The summed E-state index contributed by atoms with van der Waals surface area (Å²) >= 11 is 0. The minimum atomic E-state index is 1.14. The third kappa shape index (κ3) is 3.57. The van der Waals surface area contributed by atoms with Crippen LogP contribution in [0.15, 0.2) is 11.6 Å². The molecule has 0 aromatic heterocycles. The zero-order valence-corrected chi connectivity index (χ0v) is 7.53. The molecule has 0 radical (unpaired) electrons. The van der Waals surface area contributed by atoms with Gasteiger partial charge in [-0.2, -0.15) is 0 Å². The zero-order valence-electron chi connectivity index (χ0n) is 7.53.